The van der Waals surface area contributed by atoms with Crippen LogP contribution in [-0.4, -0.2) is 10.9 Å². The summed E-state index contributed by atoms with van der Waals surface area (Å²) in [6.45, 7) is 6.42. The minimum Gasteiger partial charge on any atom is -0.324 e. The predicted molar refractivity (Wildman–Crippen MR) is 59.9 cm³/mol. The van der Waals surface area contributed by atoms with E-state index >= 15 is 0 Å². The van der Waals surface area contributed by atoms with Crippen LogP contribution in [0.2, 0.25) is 0 Å². The van der Waals surface area contributed by atoms with Crippen LogP contribution in [-0.2, 0) is 16.6 Å². The summed E-state index contributed by atoms with van der Waals surface area (Å²) >= 11 is 0. The number of carbonyl (C=O) groups is 1. The average molecular weight is 204 g/mol. The van der Waals surface area contributed by atoms with Gasteiger partial charge in [0.2, 0.25) is 5.91 Å². The molecule has 1 aliphatic rings. The van der Waals surface area contributed by atoms with Crippen molar-refractivity contribution < 1.29 is 4.79 Å². The largest absolute Gasteiger partial charge is 0.324 e. The van der Waals surface area contributed by atoms with Crippen LogP contribution >= 0.6 is 0 Å². The molecule has 0 bridgehead atoms. The van der Waals surface area contributed by atoms with Crippen LogP contribution in [0.1, 0.15) is 38.4 Å². The van der Waals surface area contributed by atoms with Crippen LogP contribution < -0.4 is 5.32 Å². The van der Waals surface area contributed by atoms with E-state index in [1.807, 2.05) is 12.3 Å². The van der Waals surface area contributed by atoms with Gasteiger partial charge >= 0.3 is 0 Å². The molecule has 0 aromatic carbocycles. The molecule has 0 radical (unpaired) electrons. The van der Waals surface area contributed by atoms with Gasteiger partial charge in [0.05, 0.1) is 11.4 Å². The second-order valence-electron chi connectivity index (χ2n) is 5.02. The van der Waals surface area contributed by atoms with Crippen molar-refractivity contribution in [3.63, 3.8) is 0 Å². The van der Waals surface area contributed by atoms with E-state index in [2.05, 4.69) is 31.1 Å². The lowest BCUT2D eigenvalue weighted by Gasteiger charge is -2.22. The zero-order chi connectivity index (χ0) is 11.1. The lowest BCUT2D eigenvalue weighted by Crippen LogP contribution is -2.21. The first kappa shape index (κ1) is 10.1. The van der Waals surface area contributed by atoms with Gasteiger partial charge in [-0.25, -0.2) is 0 Å². The molecule has 15 heavy (non-hydrogen) atoms. The number of hydrogen-bond donors (Lipinski definition) is 1. The summed E-state index contributed by atoms with van der Waals surface area (Å²) in [5.41, 5.74) is 3.12. The first-order valence-corrected chi connectivity index (χ1v) is 5.26. The van der Waals surface area contributed by atoms with Crippen molar-refractivity contribution in [1.82, 2.24) is 4.98 Å². The maximum absolute atomic E-state index is 11.2. The summed E-state index contributed by atoms with van der Waals surface area (Å²) in [6, 6.07) is 2.04. The van der Waals surface area contributed by atoms with Gasteiger partial charge in [0.25, 0.3) is 0 Å². The molecule has 0 spiro atoms. The highest BCUT2D eigenvalue weighted by Crippen LogP contribution is 2.27. The molecule has 1 amide bonds. The maximum Gasteiger partial charge on any atom is 0.224 e. The van der Waals surface area contributed by atoms with E-state index in [1.165, 1.54) is 0 Å². The molecule has 80 valence electrons. The number of amides is 1. The van der Waals surface area contributed by atoms with Gasteiger partial charge in [0.1, 0.15) is 0 Å². The van der Waals surface area contributed by atoms with Crippen LogP contribution in [0.3, 0.4) is 0 Å². The Morgan fingerprint density at radius 3 is 2.73 bits per heavy atom. The first-order valence-electron chi connectivity index (χ1n) is 5.26. The van der Waals surface area contributed by atoms with Crippen LogP contribution in [0.15, 0.2) is 12.3 Å². The fourth-order valence-corrected chi connectivity index (χ4v) is 1.66. The lowest BCUT2D eigenvalue weighted by atomic mass is 9.87. The van der Waals surface area contributed by atoms with Gasteiger partial charge in [-0.15, -0.1) is 0 Å². The summed E-state index contributed by atoms with van der Waals surface area (Å²) in [5.74, 6) is 0.0929. The monoisotopic (exact) mass is 204 g/mol. The molecule has 1 aromatic rings. The van der Waals surface area contributed by atoms with E-state index in [4.69, 9.17) is 0 Å². The van der Waals surface area contributed by atoms with Crippen molar-refractivity contribution in [2.24, 2.45) is 0 Å². The van der Waals surface area contributed by atoms with Crippen molar-refractivity contribution in [3.05, 3.63) is 23.5 Å². The summed E-state index contributed by atoms with van der Waals surface area (Å²) in [4.78, 5) is 15.7. The highest BCUT2D eigenvalue weighted by atomic mass is 16.1. The molecule has 0 unspecified atom stereocenters. The molecule has 2 heterocycles. The molecular formula is C12H16N2O. The molecule has 1 aromatic heterocycles. The Balaban J connectivity index is 2.41. The van der Waals surface area contributed by atoms with Gasteiger partial charge in [-0.3, -0.25) is 9.78 Å². The molecular weight excluding hydrogens is 188 g/mol. The summed E-state index contributed by atoms with van der Waals surface area (Å²) in [5, 5.41) is 2.87. The molecule has 0 fully saturated rings. The molecule has 0 atom stereocenters. The highest BCUT2D eigenvalue weighted by Gasteiger charge is 2.20. The van der Waals surface area contributed by atoms with Crippen molar-refractivity contribution in [3.8, 4) is 0 Å². The minimum absolute atomic E-state index is 0.0736. The normalized spacial score (nSPS) is 15.8. The van der Waals surface area contributed by atoms with Gasteiger partial charge in [-0.1, -0.05) is 20.8 Å². The number of fused-ring (bicyclic) bond motifs is 1. The topological polar surface area (TPSA) is 42.0 Å². The van der Waals surface area contributed by atoms with Gasteiger partial charge < -0.3 is 5.32 Å². The third-order valence-corrected chi connectivity index (χ3v) is 2.70. The van der Waals surface area contributed by atoms with Gasteiger partial charge in [0, 0.05) is 19.0 Å². The van der Waals surface area contributed by atoms with Crippen molar-refractivity contribution in [1.29, 1.82) is 0 Å². The highest BCUT2D eigenvalue weighted by molar-refractivity contribution is 5.93. The number of nitrogens with one attached hydrogen (secondary N) is 1. The third-order valence-electron chi connectivity index (χ3n) is 2.70. The van der Waals surface area contributed by atoms with Gasteiger partial charge in [-0.05, 0) is 17.0 Å². The maximum atomic E-state index is 11.2. The van der Waals surface area contributed by atoms with Crippen LogP contribution in [0, 0.1) is 0 Å². The number of pyridine rings is 1. The zero-order valence-corrected chi connectivity index (χ0v) is 9.42. The van der Waals surface area contributed by atoms with Crippen molar-refractivity contribution in [2.75, 3.05) is 5.32 Å². The average Bonchev–Trinajstić information content (AvgIpc) is 2.15. The molecule has 0 saturated heterocycles. The van der Waals surface area contributed by atoms with Gasteiger partial charge in [0.15, 0.2) is 0 Å². The molecule has 0 saturated carbocycles. The van der Waals surface area contributed by atoms with E-state index in [0.717, 1.165) is 23.4 Å². The van der Waals surface area contributed by atoms with Crippen LogP contribution in [0.4, 0.5) is 5.69 Å². The number of rotatable bonds is 0. The predicted octanol–water partition coefficient (Wildman–Crippen LogP) is 2.26. The fourth-order valence-electron chi connectivity index (χ4n) is 1.66. The Bertz CT molecular complexity index is 405. The molecule has 2 rings (SSSR count). The number of hydrogen-bond acceptors (Lipinski definition) is 2. The number of aryl methyl sites for hydroxylation is 1. The molecule has 0 aliphatic carbocycles. The number of carbonyl (C=O) groups excluding carboxylic acids is 1. The summed E-state index contributed by atoms with van der Waals surface area (Å²) in [6.07, 6.45) is 3.22. The second-order valence-corrected chi connectivity index (χ2v) is 5.02. The van der Waals surface area contributed by atoms with E-state index in [-0.39, 0.29) is 11.3 Å². The lowest BCUT2D eigenvalue weighted by molar-refractivity contribution is -0.116. The third kappa shape index (κ3) is 2.01. The van der Waals surface area contributed by atoms with E-state index in [9.17, 15) is 4.79 Å². The number of nitrogens with zero attached hydrogens (tertiary/aromatic N) is 1. The standard InChI is InChI=1S/C12H16N2O/c1-12(2,3)8-6-10-9(13-7-8)4-5-11(15)14-10/h6-7H,4-5H2,1-3H3,(H,14,15). The van der Waals surface area contributed by atoms with E-state index in [0.29, 0.717) is 6.42 Å². The van der Waals surface area contributed by atoms with E-state index < -0.39 is 0 Å². The fraction of sp³-hybridized carbons (Fsp3) is 0.500. The first-order chi connectivity index (χ1) is 6.97. The van der Waals surface area contributed by atoms with E-state index in [1.54, 1.807) is 0 Å². The SMILES string of the molecule is CC(C)(C)c1cnc2c(c1)NC(=O)CC2. The van der Waals surface area contributed by atoms with Crippen molar-refractivity contribution in [2.45, 2.75) is 39.0 Å². The minimum atomic E-state index is 0.0736. The smallest absolute Gasteiger partial charge is 0.224 e. The quantitative estimate of drug-likeness (QED) is 0.704. The Kier molecular flexibility index (Phi) is 2.25. The number of anilines is 1. The number of aromatic nitrogens is 1. The molecule has 1 aliphatic heterocycles. The van der Waals surface area contributed by atoms with Gasteiger partial charge in [-0.2, -0.15) is 0 Å². The molecule has 3 heteroatoms. The summed E-state index contributed by atoms with van der Waals surface area (Å²) < 4.78 is 0. The molecule has 1 N–H and O–H groups in total. The molecule has 3 nitrogen and oxygen atoms in total. The van der Waals surface area contributed by atoms with Crippen LogP contribution in [0.5, 0.6) is 0 Å². The Morgan fingerprint density at radius 1 is 1.33 bits per heavy atom. The Morgan fingerprint density at radius 2 is 2.07 bits per heavy atom. The van der Waals surface area contributed by atoms with Crippen LogP contribution in [0.25, 0.3) is 0 Å². The Labute approximate surface area is 89.9 Å². The summed E-state index contributed by atoms with van der Waals surface area (Å²) in [7, 11) is 0. The van der Waals surface area contributed by atoms with Crippen molar-refractivity contribution >= 4 is 11.6 Å². The second kappa shape index (κ2) is 3.33. The Hall–Kier alpha value is -1.38. The zero-order valence-electron chi connectivity index (χ0n) is 9.42.